The highest BCUT2D eigenvalue weighted by Gasteiger charge is 2.36. The number of hydrogen-bond donors (Lipinski definition) is 2. The molecule has 0 bridgehead atoms. The number of carbonyl (C=O) groups is 3. The van der Waals surface area contributed by atoms with Gasteiger partial charge in [-0.3, -0.25) is 14.4 Å². The fourth-order valence-electron chi connectivity index (χ4n) is 2.96. The predicted octanol–water partition coefficient (Wildman–Crippen LogP) is 3.08. The highest BCUT2D eigenvalue weighted by atomic mass is 35.5. The van der Waals surface area contributed by atoms with Crippen molar-refractivity contribution in [3.8, 4) is 0 Å². The lowest BCUT2D eigenvalue weighted by atomic mass is 10.0. The largest absolute Gasteiger partial charge is 0.340 e. The minimum absolute atomic E-state index is 0.113. The topological polar surface area (TPSA) is 78.5 Å². The second-order valence-corrected chi connectivity index (χ2v) is 7.13. The van der Waals surface area contributed by atoms with E-state index in [4.69, 9.17) is 11.6 Å². The average molecular weight is 386 g/mol. The molecule has 2 N–H and O–H groups in total. The van der Waals surface area contributed by atoms with Crippen LogP contribution < -0.4 is 15.5 Å². The molecule has 1 aliphatic heterocycles. The van der Waals surface area contributed by atoms with Crippen LogP contribution in [0.5, 0.6) is 0 Å². The summed E-state index contributed by atoms with van der Waals surface area (Å²) in [7, 11) is 0. The van der Waals surface area contributed by atoms with Gasteiger partial charge >= 0.3 is 0 Å². The van der Waals surface area contributed by atoms with E-state index >= 15 is 0 Å². The van der Waals surface area contributed by atoms with Crippen LogP contribution >= 0.6 is 11.6 Å². The van der Waals surface area contributed by atoms with E-state index < -0.39 is 6.04 Å². The molecule has 0 saturated heterocycles. The van der Waals surface area contributed by atoms with E-state index in [1.807, 2.05) is 13.8 Å². The van der Waals surface area contributed by atoms with Gasteiger partial charge in [0.1, 0.15) is 12.6 Å². The Bertz CT molecular complexity index is 880. The minimum atomic E-state index is -0.701. The Hall–Kier alpha value is -2.86. The van der Waals surface area contributed by atoms with Crippen LogP contribution in [0, 0.1) is 5.92 Å². The Balaban J connectivity index is 1.89. The molecule has 7 heteroatoms. The molecule has 0 aliphatic carbocycles. The first kappa shape index (κ1) is 18.9. The number of nitrogens with zero attached hydrogens (tertiary/aromatic N) is 1. The van der Waals surface area contributed by atoms with Gasteiger partial charge in [0, 0.05) is 10.7 Å². The zero-order valence-electron chi connectivity index (χ0n) is 15.0. The Kier molecular flexibility index (Phi) is 5.46. The molecule has 0 unspecified atom stereocenters. The van der Waals surface area contributed by atoms with E-state index in [1.54, 1.807) is 48.5 Å². The van der Waals surface area contributed by atoms with Crippen LogP contribution in [0.4, 0.5) is 11.4 Å². The summed E-state index contributed by atoms with van der Waals surface area (Å²) in [6.45, 7) is 3.51. The molecule has 2 aromatic rings. The maximum atomic E-state index is 13.0. The summed E-state index contributed by atoms with van der Waals surface area (Å²) in [6.07, 6.45) is 0. The molecule has 0 fully saturated rings. The molecular formula is C20H20ClN3O3. The second kappa shape index (κ2) is 7.80. The van der Waals surface area contributed by atoms with Gasteiger partial charge in [0.15, 0.2) is 0 Å². The van der Waals surface area contributed by atoms with Crippen molar-refractivity contribution in [2.45, 2.75) is 19.9 Å². The van der Waals surface area contributed by atoms with Crippen molar-refractivity contribution in [2.24, 2.45) is 5.92 Å². The van der Waals surface area contributed by atoms with Crippen LogP contribution in [0.1, 0.15) is 24.2 Å². The van der Waals surface area contributed by atoms with Crippen molar-refractivity contribution in [1.82, 2.24) is 5.32 Å². The van der Waals surface area contributed by atoms with Crippen molar-refractivity contribution < 1.29 is 14.4 Å². The summed E-state index contributed by atoms with van der Waals surface area (Å²) in [4.78, 5) is 39.5. The van der Waals surface area contributed by atoms with Crippen molar-refractivity contribution in [3.05, 3.63) is 59.1 Å². The van der Waals surface area contributed by atoms with Gasteiger partial charge in [-0.15, -0.1) is 0 Å². The number of para-hydroxylation sites is 1. The minimum Gasteiger partial charge on any atom is -0.340 e. The van der Waals surface area contributed by atoms with Gasteiger partial charge < -0.3 is 15.5 Å². The van der Waals surface area contributed by atoms with E-state index in [1.165, 1.54) is 4.90 Å². The van der Waals surface area contributed by atoms with Crippen LogP contribution in [-0.4, -0.2) is 30.3 Å². The van der Waals surface area contributed by atoms with Gasteiger partial charge in [-0.1, -0.05) is 37.6 Å². The fourth-order valence-corrected chi connectivity index (χ4v) is 3.09. The lowest BCUT2D eigenvalue weighted by Gasteiger charge is -2.26. The summed E-state index contributed by atoms with van der Waals surface area (Å²) in [5.74, 6) is -1.11. The van der Waals surface area contributed by atoms with Crippen LogP contribution in [0.25, 0.3) is 0 Å². The number of carbonyl (C=O) groups excluding carboxylic acids is 3. The van der Waals surface area contributed by atoms with Crippen molar-refractivity contribution in [3.63, 3.8) is 0 Å². The van der Waals surface area contributed by atoms with Gasteiger partial charge in [0.05, 0.1) is 11.3 Å². The SMILES string of the molecule is CC(C)[C@@H]1NC(=O)c2ccccc2N(CC(=O)Nc2ccc(Cl)cc2)C1=O. The normalized spacial score (nSPS) is 16.6. The number of rotatable bonds is 4. The first-order chi connectivity index (χ1) is 12.9. The summed E-state index contributed by atoms with van der Waals surface area (Å²) >= 11 is 5.85. The number of amides is 3. The van der Waals surface area contributed by atoms with Gasteiger partial charge in [0.25, 0.3) is 5.91 Å². The molecule has 6 nitrogen and oxygen atoms in total. The molecule has 1 aliphatic rings. The van der Waals surface area contributed by atoms with Gasteiger partial charge in [-0.2, -0.15) is 0 Å². The lowest BCUT2D eigenvalue weighted by molar-refractivity contribution is -0.123. The Morgan fingerprint density at radius 2 is 1.81 bits per heavy atom. The average Bonchev–Trinajstić information content (AvgIpc) is 2.74. The second-order valence-electron chi connectivity index (χ2n) is 6.69. The van der Waals surface area contributed by atoms with E-state index in [0.717, 1.165) is 0 Å². The van der Waals surface area contributed by atoms with E-state index in [-0.39, 0.29) is 30.2 Å². The molecule has 1 atom stereocenters. The molecule has 3 rings (SSSR count). The molecule has 0 aromatic heterocycles. The van der Waals surface area contributed by atoms with E-state index in [0.29, 0.717) is 22.0 Å². The molecular weight excluding hydrogens is 366 g/mol. The quantitative estimate of drug-likeness (QED) is 0.848. The molecule has 2 aromatic carbocycles. The molecule has 0 saturated carbocycles. The fraction of sp³-hybridized carbons (Fsp3) is 0.250. The molecule has 0 radical (unpaired) electrons. The molecule has 3 amide bonds. The van der Waals surface area contributed by atoms with E-state index in [9.17, 15) is 14.4 Å². The van der Waals surface area contributed by atoms with Crippen LogP contribution in [0.15, 0.2) is 48.5 Å². The van der Waals surface area contributed by atoms with E-state index in [2.05, 4.69) is 10.6 Å². The van der Waals surface area contributed by atoms with Gasteiger partial charge in [-0.25, -0.2) is 0 Å². The summed E-state index contributed by atoms with van der Waals surface area (Å²) in [5, 5.41) is 6.08. The summed E-state index contributed by atoms with van der Waals surface area (Å²) in [6, 6.07) is 12.8. The number of hydrogen-bond acceptors (Lipinski definition) is 3. The Morgan fingerprint density at radius 1 is 1.15 bits per heavy atom. The van der Waals surface area contributed by atoms with Crippen LogP contribution in [-0.2, 0) is 9.59 Å². The van der Waals surface area contributed by atoms with Gasteiger partial charge in [-0.05, 0) is 42.3 Å². The monoisotopic (exact) mass is 385 g/mol. The summed E-state index contributed by atoms with van der Waals surface area (Å²) < 4.78 is 0. The zero-order chi connectivity index (χ0) is 19.6. The third kappa shape index (κ3) is 4.11. The Labute approximate surface area is 162 Å². The number of anilines is 2. The zero-order valence-corrected chi connectivity index (χ0v) is 15.8. The third-order valence-electron chi connectivity index (χ3n) is 4.35. The smallest absolute Gasteiger partial charge is 0.254 e. The highest BCUT2D eigenvalue weighted by Crippen LogP contribution is 2.26. The number of fused-ring (bicyclic) bond motifs is 1. The first-order valence-corrected chi connectivity index (χ1v) is 9.01. The number of halogens is 1. The van der Waals surface area contributed by atoms with Gasteiger partial charge in [0.2, 0.25) is 11.8 Å². The predicted molar refractivity (Wildman–Crippen MR) is 105 cm³/mol. The third-order valence-corrected chi connectivity index (χ3v) is 4.61. The molecule has 0 spiro atoms. The Morgan fingerprint density at radius 3 is 2.48 bits per heavy atom. The maximum Gasteiger partial charge on any atom is 0.254 e. The first-order valence-electron chi connectivity index (χ1n) is 8.63. The number of benzene rings is 2. The number of nitrogens with one attached hydrogen (secondary N) is 2. The van der Waals surface area contributed by atoms with Crippen LogP contribution in [0.2, 0.25) is 5.02 Å². The van der Waals surface area contributed by atoms with Crippen molar-refractivity contribution in [2.75, 3.05) is 16.8 Å². The maximum absolute atomic E-state index is 13.0. The van der Waals surface area contributed by atoms with Crippen molar-refractivity contribution >= 4 is 40.7 Å². The molecule has 140 valence electrons. The molecule has 1 heterocycles. The lowest BCUT2D eigenvalue weighted by Crippen LogP contribution is -2.50. The molecule has 27 heavy (non-hydrogen) atoms. The summed E-state index contributed by atoms with van der Waals surface area (Å²) in [5.41, 5.74) is 1.37. The van der Waals surface area contributed by atoms with Crippen LogP contribution in [0.3, 0.4) is 0 Å². The standard InChI is InChI=1S/C20H20ClN3O3/c1-12(2)18-20(27)24(16-6-4-3-5-15(16)19(26)23-18)11-17(25)22-14-9-7-13(21)8-10-14/h3-10,12,18H,11H2,1-2H3,(H,22,25)(H,23,26)/t18-/m0/s1. The van der Waals surface area contributed by atoms with Crippen molar-refractivity contribution in [1.29, 1.82) is 0 Å². The highest BCUT2D eigenvalue weighted by molar-refractivity contribution is 6.30.